The topological polar surface area (TPSA) is 53.1 Å². The highest BCUT2D eigenvalue weighted by Crippen LogP contribution is 2.26. The van der Waals surface area contributed by atoms with Crippen LogP contribution in [0.1, 0.15) is 11.1 Å². The molecule has 0 atom stereocenters. The molecule has 0 amide bonds. The first-order valence-electron chi connectivity index (χ1n) is 5.78. The van der Waals surface area contributed by atoms with E-state index in [2.05, 4.69) is 21.0 Å². The molecule has 1 aromatic heterocycles. The fourth-order valence-corrected chi connectivity index (χ4v) is 2.23. The zero-order valence-corrected chi connectivity index (χ0v) is 11.9. The van der Waals surface area contributed by atoms with Crippen LogP contribution in [0.25, 0.3) is 0 Å². The van der Waals surface area contributed by atoms with Crippen LogP contribution in [-0.2, 0) is 20.1 Å². The SMILES string of the molecule is Cn1cc(COc2ccc(CCN)cc2Br)cn1. The van der Waals surface area contributed by atoms with Gasteiger partial charge in [-0.15, -0.1) is 0 Å². The van der Waals surface area contributed by atoms with Crippen LogP contribution < -0.4 is 10.5 Å². The lowest BCUT2D eigenvalue weighted by Gasteiger charge is -2.08. The van der Waals surface area contributed by atoms with Crippen molar-refractivity contribution in [1.29, 1.82) is 0 Å². The summed E-state index contributed by atoms with van der Waals surface area (Å²) < 4.78 is 8.46. The average Bonchev–Trinajstić information content (AvgIpc) is 2.74. The number of ether oxygens (including phenoxy) is 1. The molecule has 1 heterocycles. The van der Waals surface area contributed by atoms with E-state index in [4.69, 9.17) is 10.5 Å². The molecule has 0 radical (unpaired) electrons. The highest BCUT2D eigenvalue weighted by atomic mass is 79.9. The molecule has 2 rings (SSSR count). The predicted molar refractivity (Wildman–Crippen MR) is 74.4 cm³/mol. The number of hydrogen-bond acceptors (Lipinski definition) is 3. The van der Waals surface area contributed by atoms with Gasteiger partial charge in [0.25, 0.3) is 0 Å². The number of aromatic nitrogens is 2. The molecule has 1 aromatic carbocycles. The molecule has 18 heavy (non-hydrogen) atoms. The Morgan fingerprint density at radius 1 is 1.39 bits per heavy atom. The molecular formula is C13H16BrN3O. The molecule has 96 valence electrons. The van der Waals surface area contributed by atoms with E-state index in [1.807, 2.05) is 31.4 Å². The number of halogens is 1. The van der Waals surface area contributed by atoms with E-state index >= 15 is 0 Å². The second kappa shape index (κ2) is 6.02. The first-order chi connectivity index (χ1) is 8.69. The fraction of sp³-hybridized carbons (Fsp3) is 0.308. The smallest absolute Gasteiger partial charge is 0.134 e. The molecule has 0 saturated heterocycles. The summed E-state index contributed by atoms with van der Waals surface area (Å²) in [6, 6.07) is 6.05. The van der Waals surface area contributed by atoms with Crippen LogP contribution in [-0.4, -0.2) is 16.3 Å². The Bertz CT molecular complexity index is 525. The lowest BCUT2D eigenvalue weighted by atomic mass is 10.1. The summed E-state index contributed by atoms with van der Waals surface area (Å²) in [5.41, 5.74) is 7.79. The maximum atomic E-state index is 5.74. The Morgan fingerprint density at radius 2 is 2.22 bits per heavy atom. The van der Waals surface area contributed by atoms with Gasteiger partial charge < -0.3 is 10.5 Å². The number of nitrogens with zero attached hydrogens (tertiary/aromatic N) is 2. The molecule has 4 nitrogen and oxygen atoms in total. The van der Waals surface area contributed by atoms with Crippen molar-refractivity contribution in [3.05, 3.63) is 46.2 Å². The minimum absolute atomic E-state index is 0.517. The van der Waals surface area contributed by atoms with Crippen molar-refractivity contribution in [2.45, 2.75) is 13.0 Å². The van der Waals surface area contributed by atoms with E-state index in [1.165, 1.54) is 5.56 Å². The maximum absolute atomic E-state index is 5.74. The van der Waals surface area contributed by atoms with E-state index in [9.17, 15) is 0 Å². The molecule has 2 aromatic rings. The van der Waals surface area contributed by atoms with Crippen molar-refractivity contribution in [2.75, 3.05) is 6.54 Å². The van der Waals surface area contributed by atoms with E-state index in [-0.39, 0.29) is 0 Å². The van der Waals surface area contributed by atoms with Crippen molar-refractivity contribution in [3.8, 4) is 5.75 Å². The fourth-order valence-electron chi connectivity index (χ4n) is 1.69. The van der Waals surface area contributed by atoms with Crippen LogP contribution >= 0.6 is 15.9 Å². The zero-order valence-electron chi connectivity index (χ0n) is 10.3. The van der Waals surface area contributed by atoms with Gasteiger partial charge in [0.2, 0.25) is 0 Å². The van der Waals surface area contributed by atoms with Crippen LogP contribution in [0, 0.1) is 0 Å². The van der Waals surface area contributed by atoms with Gasteiger partial charge in [-0.1, -0.05) is 6.07 Å². The van der Waals surface area contributed by atoms with E-state index < -0.39 is 0 Å². The second-order valence-electron chi connectivity index (χ2n) is 4.11. The summed E-state index contributed by atoms with van der Waals surface area (Å²) in [5, 5.41) is 4.10. The van der Waals surface area contributed by atoms with Crippen molar-refractivity contribution >= 4 is 15.9 Å². The van der Waals surface area contributed by atoms with Crippen LogP contribution in [0.3, 0.4) is 0 Å². The molecule has 0 saturated carbocycles. The quantitative estimate of drug-likeness (QED) is 0.921. The van der Waals surface area contributed by atoms with Gasteiger partial charge in [-0.3, -0.25) is 4.68 Å². The molecule has 0 spiro atoms. The number of aryl methyl sites for hydroxylation is 1. The minimum atomic E-state index is 0.517. The number of nitrogens with two attached hydrogens (primary N) is 1. The van der Waals surface area contributed by atoms with Crippen LogP contribution in [0.4, 0.5) is 0 Å². The first-order valence-corrected chi connectivity index (χ1v) is 6.57. The molecule has 0 aliphatic carbocycles. The van der Waals surface area contributed by atoms with Crippen LogP contribution in [0.5, 0.6) is 5.75 Å². The van der Waals surface area contributed by atoms with Crippen LogP contribution in [0.2, 0.25) is 0 Å². The Morgan fingerprint density at radius 3 is 2.83 bits per heavy atom. The average molecular weight is 310 g/mol. The molecule has 0 aliphatic heterocycles. The van der Waals surface area contributed by atoms with Crippen molar-refractivity contribution in [2.24, 2.45) is 12.8 Å². The molecule has 2 N–H and O–H groups in total. The third-order valence-electron chi connectivity index (χ3n) is 2.58. The van der Waals surface area contributed by atoms with Crippen LogP contribution in [0.15, 0.2) is 35.1 Å². The monoisotopic (exact) mass is 309 g/mol. The van der Waals surface area contributed by atoms with Gasteiger partial charge in [-0.25, -0.2) is 0 Å². The van der Waals surface area contributed by atoms with Crippen molar-refractivity contribution in [1.82, 2.24) is 9.78 Å². The Hall–Kier alpha value is -1.33. The largest absolute Gasteiger partial charge is 0.488 e. The lowest BCUT2D eigenvalue weighted by Crippen LogP contribution is -2.03. The molecule has 0 bridgehead atoms. The Kier molecular flexibility index (Phi) is 4.38. The van der Waals surface area contributed by atoms with Gasteiger partial charge in [0.1, 0.15) is 12.4 Å². The number of rotatable bonds is 5. The number of benzene rings is 1. The van der Waals surface area contributed by atoms with E-state index in [1.54, 1.807) is 10.9 Å². The van der Waals surface area contributed by atoms with E-state index in [0.717, 1.165) is 22.2 Å². The first kappa shape index (κ1) is 13.1. The highest BCUT2D eigenvalue weighted by Gasteiger charge is 2.04. The zero-order chi connectivity index (χ0) is 13.0. The molecule has 0 unspecified atom stereocenters. The minimum Gasteiger partial charge on any atom is -0.488 e. The molecular weight excluding hydrogens is 294 g/mol. The van der Waals surface area contributed by atoms with Gasteiger partial charge in [0.15, 0.2) is 0 Å². The molecule has 0 fully saturated rings. The highest BCUT2D eigenvalue weighted by molar-refractivity contribution is 9.10. The van der Waals surface area contributed by atoms with Gasteiger partial charge in [-0.05, 0) is 46.6 Å². The molecule has 0 aliphatic rings. The van der Waals surface area contributed by atoms with E-state index in [0.29, 0.717) is 13.2 Å². The van der Waals surface area contributed by atoms with Gasteiger partial charge in [0, 0.05) is 18.8 Å². The number of hydrogen-bond donors (Lipinski definition) is 1. The predicted octanol–water partition coefficient (Wildman–Crippen LogP) is 2.26. The van der Waals surface area contributed by atoms with Gasteiger partial charge >= 0.3 is 0 Å². The summed E-state index contributed by atoms with van der Waals surface area (Å²) in [6.45, 7) is 1.17. The molecule has 5 heteroatoms. The summed E-state index contributed by atoms with van der Waals surface area (Å²) in [4.78, 5) is 0. The van der Waals surface area contributed by atoms with Gasteiger partial charge in [-0.2, -0.15) is 5.10 Å². The Balaban J connectivity index is 2.01. The normalized spacial score (nSPS) is 10.6. The second-order valence-corrected chi connectivity index (χ2v) is 4.97. The summed E-state index contributed by atoms with van der Waals surface area (Å²) >= 11 is 3.51. The summed E-state index contributed by atoms with van der Waals surface area (Å²) in [6.07, 6.45) is 4.62. The lowest BCUT2D eigenvalue weighted by molar-refractivity contribution is 0.304. The third-order valence-corrected chi connectivity index (χ3v) is 3.20. The summed E-state index contributed by atoms with van der Waals surface area (Å²) in [7, 11) is 1.89. The standard InChI is InChI=1S/C13H16BrN3O/c1-17-8-11(7-16-17)9-18-13-3-2-10(4-5-15)6-12(13)14/h2-3,6-8H,4-5,9,15H2,1H3. The van der Waals surface area contributed by atoms with Crippen molar-refractivity contribution < 1.29 is 4.74 Å². The van der Waals surface area contributed by atoms with Gasteiger partial charge in [0.05, 0.1) is 10.7 Å². The maximum Gasteiger partial charge on any atom is 0.134 e. The Labute approximate surface area is 115 Å². The summed E-state index contributed by atoms with van der Waals surface area (Å²) in [5.74, 6) is 0.833. The van der Waals surface area contributed by atoms with Crippen molar-refractivity contribution in [3.63, 3.8) is 0 Å². The third kappa shape index (κ3) is 3.34.